The largest absolute Gasteiger partial charge is 0.506 e. The quantitative estimate of drug-likeness (QED) is 0.912. The van der Waals surface area contributed by atoms with E-state index in [-0.39, 0.29) is 22.7 Å². The third-order valence-electron chi connectivity index (χ3n) is 3.14. The number of aromatic nitrogens is 2. The van der Waals surface area contributed by atoms with Crippen molar-refractivity contribution in [2.24, 2.45) is 0 Å². The predicted octanol–water partition coefficient (Wildman–Crippen LogP) is 2.68. The van der Waals surface area contributed by atoms with Crippen molar-refractivity contribution in [3.05, 3.63) is 46.2 Å². The van der Waals surface area contributed by atoms with E-state index in [1.165, 1.54) is 18.2 Å². The fourth-order valence-corrected chi connectivity index (χ4v) is 2.30. The molecule has 2 rings (SSSR count). The SMILES string of the molecule is Cc1cc(C)n(CC(C)NC(=O)c2ccc(O)c(Cl)c2)n1. The summed E-state index contributed by atoms with van der Waals surface area (Å²) in [6, 6.07) is 6.30. The van der Waals surface area contributed by atoms with Gasteiger partial charge in [-0.3, -0.25) is 9.48 Å². The number of nitrogens with zero attached hydrogens (tertiary/aromatic N) is 2. The van der Waals surface area contributed by atoms with Gasteiger partial charge in [-0.2, -0.15) is 5.10 Å². The van der Waals surface area contributed by atoms with Gasteiger partial charge in [-0.05, 0) is 45.0 Å². The molecule has 0 saturated carbocycles. The number of nitrogens with one attached hydrogen (secondary N) is 1. The summed E-state index contributed by atoms with van der Waals surface area (Å²) in [4.78, 5) is 12.1. The molecule has 112 valence electrons. The molecule has 2 aromatic rings. The average molecular weight is 308 g/mol. The summed E-state index contributed by atoms with van der Waals surface area (Å²) in [6.07, 6.45) is 0. The third-order valence-corrected chi connectivity index (χ3v) is 3.44. The lowest BCUT2D eigenvalue weighted by Gasteiger charge is -2.15. The molecular weight excluding hydrogens is 290 g/mol. The summed E-state index contributed by atoms with van der Waals surface area (Å²) in [5.74, 6) is -0.269. The van der Waals surface area contributed by atoms with Crippen LogP contribution in [0.1, 0.15) is 28.7 Å². The highest BCUT2D eigenvalue weighted by Crippen LogP contribution is 2.23. The zero-order chi connectivity index (χ0) is 15.6. The number of benzene rings is 1. The predicted molar refractivity (Wildman–Crippen MR) is 81.7 cm³/mol. The van der Waals surface area contributed by atoms with E-state index in [9.17, 15) is 9.90 Å². The van der Waals surface area contributed by atoms with Crippen LogP contribution in [0.4, 0.5) is 0 Å². The van der Waals surface area contributed by atoms with Crippen LogP contribution in [-0.4, -0.2) is 26.8 Å². The number of hydrogen-bond acceptors (Lipinski definition) is 3. The van der Waals surface area contributed by atoms with Crippen molar-refractivity contribution in [3.63, 3.8) is 0 Å². The van der Waals surface area contributed by atoms with Crippen LogP contribution in [-0.2, 0) is 6.54 Å². The van der Waals surface area contributed by atoms with Crippen LogP contribution in [0.25, 0.3) is 0 Å². The minimum Gasteiger partial charge on any atom is -0.506 e. The summed E-state index contributed by atoms with van der Waals surface area (Å²) < 4.78 is 1.87. The second-order valence-electron chi connectivity index (χ2n) is 5.15. The van der Waals surface area contributed by atoms with E-state index in [2.05, 4.69) is 10.4 Å². The van der Waals surface area contributed by atoms with Crippen LogP contribution in [0.2, 0.25) is 5.02 Å². The Balaban J connectivity index is 2.01. The van der Waals surface area contributed by atoms with Crippen molar-refractivity contribution in [3.8, 4) is 5.75 Å². The maximum Gasteiger partial charge on any atom is 0.251 e. The van der Waals surface area contributed by atoms with Gasteiger partial charge in [0.2, 0.25) is 0 Å². The third kappa shape index (κ3) is 3.76. The molecule has 1 aromatic heterocycles. The number of phenols is 1. The van der Waals surface area contributed by atoms with Crippen LogP contribution >= 0.6 is 11.6 Å². The highest BCUT2D eigenvalue weighted by atomic mass is 35.5. The van der Waals surface area contributed by atoms with Crippen LogP contribution < -0.4 is 5.32 Å². The summed E-state index contributed by atoms with van der Waals surface area (Å²) in [5, 5.41) is 16.8. The molecule has 1 amide bonds. The van der Waals surface area contributed by atoms with E-state index in [0.717, 1.165) is 11.4 Å². The van der Waals surface area contributed by atoms with Crippen molar-refractivity contribution in [2.45, 2.75) is 33.4 Å². The van der Waals surface area contributed by atoms with Crippen molar-refractivity contribution < 1.29 is 9.90 Å². The topological polar surface area (TPSA) is 67.2 Å². The molecule has 0 fully saturated rings. The van der Waals surface area contributed by atoms with E-state index in [1.54, 1.807) is 0 Å². The Morgan fingerprint density at radius 2 is 2.14 bits per heavy atom. The maximum absolute atomic E-state index is 12.1. The molecular formula is C15H18ClN3O2. The number of amides is 1. The first-order chi connectivity index (χ1) is 9.86. The van der Waals surface area contributed by atoms with Crippen molar-refractivity contribution in [2.75, 3.05) is 0 Å². The van der Waals surface area contributed by atoms with Gasteiger partial charge in [0.25, 0.3) is 5.91 Å². The van der Waals surface area contributed by atoms with Crippen molar-refractivity contribution >= 4 is 17.5 Å². The average Bonchev–Trinajstić information content (AvgIpc) is 2.70. The van der Waals surface area contributed by atoms with Gasteiger partial charge in [-0.15, -0.1) is 0 Å². The molecule has 0 aliphatic heterocycles. The molecule has 2 N–H and O–H groups in total. The Hall–Kier alpha value is -2.01. The Labute approximate surface area is 128 Å². The molecule has 0 spiro atoms. The minimum absolute atomic E-state index is 0.0380. The van der Waals surface area contributed by atoms with Gasteiger partial charge in [-0.25, -0.2) is 0 Å². The van der Waals surface area contributed by atoms with Gasteiger partial charge < -0.3 is 10.4 Å². The zero-order valence-corrected chi connectivity index (χ0v) is 13.0. The highest BCUT2D eigenvalue weighted by molar-refractivity contribution is 6.32. The lowest BCUT2D eigenvalue weighted by atomic mass is 10.2. The molecule has 1 atom stereocenters. The fourth-order valence-electron chi connectivity index (χ4n) is 2.12. The monoisotopic (exact) mass is 307 g/mol. The van der Waals surface area contributed by atoms with E-state index >= 15 is 0 Å². The normalized spacial score (nSPS) is 12.2. The molecule has 1 heterocycles. The Bertz CT molecular complexity index is 667. The lowest BCUT2D eigenvalue weighted by molar-refractivity contribution is 0.0936. The van der Waals surface area contributed by atoms with Crippen LogP contribution in [0.15, 0.2) is 24.3 Å². The maximum atomic E-state index is 12.1. The lowest BCUT2D eigenvalue weighted by Crippen LogP contribution is -2.36. The van der Waals surface area contributed by atoms with Gasteiger partial charge in [0.1, 0.15) is 5.75 Å². The highest BCUT2D eigenvalue weighted by Gasteiger charge is 2.13. The standard InChI is InChI=1S/C15H18ClN3O2/c1-9-6-11(3)19(18-9)8-10(2)17-15(21)12-4-5-14(20)13(16)7-12/h4-7,10,20H,8H2,1-3H3,(H,17,21). The second-order valence-corrected chi connectivity index (χ2v) is 5.56. The van der Waals surface area contributed by atoms with Gasteiger partial charge >= 0.3 is 0 Å². The Kier molecular flexibility index (Phi) is 4.53. The number of carbonyl (C=O) groups excluding carboxylic acids is 1. The zero-order valence-electron chi connectivity index (χ0n) is 12.2. The second kappa shape index (κ2) is 6.18. The van der Waals surface area contributed by atoms with E-state index < -0.39 is 0 Å². The number of halogens is 1. The van der Waals surface area contributed by atoms with Gasteiger partial charge in [0, 0.05) is 17.3 Å². The molecule has 21 heavy (non-hydrogen) atoms. The Morgan fingerprint density at radius 3 is 2.71 bits per heavy atom. The first-order valence-corrected chi connectivity index (χ1v) is 7.05. The summed E-state index contributed by atoms with van der Waals surface area (Å²) in [6.45, 7) is 6.42. The fraction of sp³-hybridized carbons (Fsp3) is 0.333. The van der Waals surface area contributed by atoms with Gasteiger partial charge in [0.15, 0.2) is 0 Å². The van der Waals surface area contributed by atoms with E-state index in [4.69, 9.17) is 11.6 Å². The van der Waals surface area contributed by atoms with Crippen molar-refractivity contribution in [1.82, 2.24) is 15.1 Å². The molecule has 0 bridgehead atoms. The van der Waals surface area contributed by atoms with Crippen LogP contribution in [0, 0.1) is 13.8 Å². The molecule has 5 nitrogen and oxygen atoms in total. The minimum atomic E-state index is -0.231. The first kappa shape index (κ1) is 15.4. The molecule has 0 aliphatic carbocycles. The summed E-state index contributed by atoms with van der Waals surface area (Å²) in [7, 11) is 0. The molecule has 6 heteroatoms. The number of rotatable bonds is 4. The number of carbonyl (C=O) groups is 1. The molecule has 0 saturated heterocycles. The number of phenolic OH excluding ortho intramolecular Hbond substituents is 1. The number of hydrogen-bond donors (Lipinski definition) is 2. The first-order valence-electron chi connectivity index (χ1n) is 6.67. The van der Waals surface area contributed by atoms with Crippen LogP contribution in [0.5, 0.6) is 5.75 Å². The summed E-state index contributed by atoms with van der Waals surface area (Å²) in [5.41, 5.74) is 2.43. The molecule has 0 aliphatic rings. The van der Waals surface area contributed by atoms with E-state index in [0.29, 0.717) is 12.1 Å². The molecule has 0 radical (unpaired) electrons. The van der Waals surface area contributed by atoms with Crippen molar-refractivity contribution in [1.29, 1.82) is 0 Å². The molecule has 1 aromatic carbocycles. The molecule has 1 unspecified atom stereocenters. The van der Waals surface area contributed by atoms with Gasteiger partial charge in [0.05, 0.1) is 17.3 Å². The number of aromatic hydroxyl groups is 1. The summed E-state index contributed by atoms with van der Waals surface area (Å²) >= 11 is 5.80. The Morgan fingerprint density at radius 1 is 1.43 bits per heavy atom. The van der Waals surface area contributed by atoms with Gasteiger partial charge in [-0.1, -0.05) is 11.6 Å². The smallest absolute Gasteiger partial charge is 0.251 e. The van der Waals surface area contributed by atoms with Crippen LogP contribution in [0.3, 0.4) is 0 Å². The number of aryl methyl sites for hydroxylation is 2. The van der Waals surface area contributed by atoms with E-state index in [1.807, 2.05) is 31.5 Å².